The number of nitrogens with zero attached hydrogens (tertiary/aromatic N) is 1. The van der Waals surface area contributed by atoms with Crippen molar-refractivity contribution in [1.29, 1.82) is 0 Å². The highest BCUT2D eigenvalue weighted by atomic mass is 32.1. The number of carbonyl (C=O) groups excluding carboxylic acids is 1. The summed E-state index contributed by atoms with van der Waals surface area (Å²) < 4.78 is 0. The van der Waals surface area contributed by atoms with Crippen molar-refractivity contribution >= 4 is 17.2 Å². The first kappa shape index (κ1) is 12.8. The Hall–Kier alpha value is -1.68. The number of hydrogen-bond acceptors (Lipinski definition) is 3. The fourth-order valence-electron chi connectivity index (χ4n) is 1.65. The minimum atomic E-state index is 0.0757. The molecule has 1 aromatic heterocycles. The molecular formula is C14H16N2OS. The third kappa shape index (κ3) is 3.96. The Morgan fingerprint density at radius 2 is 2.11 bits per heavy atom. The number of thiazole rings is 1. The van der Waals surface area contributed by atoms with Gasteiger partial charge in [0.1, 0.15) is 5.01 Å². The van der Waals surface area contributed by atoms with Crippen LogP contribution in [0.15, 0.2) is 35.7 Å². The van der Waals surface area contributed by atoms with E-state index >= 15 is 0 Å². The third-order valence-corrected chi connectivity index (χ3v) is 3.55. The van der Waals surface area contributed by atoms with E-state index in [-0.39, 0.29) is 5.91 Å². The predicted molar refractivity (Wildman–Crippen MR) is 73.5 cm³/mol. The molecule has 3 nitrogen and oxygen atoms in total. The molecule has 1 amide bonds. The molecule has 0 bridgehead atoms. The van der Waals surface area contributed by atoms with Gasteiger partial charge < -0.3 is 5.32 Å². The standard InChI is InChI=1S/C14H16N2OS/c1-11-10-18-14(16-11)9-15-13(17)8-7-12-5-3-2-4-6-12/h2-6,10H,7-9H2,1H3,(H,15,17). The Bertz CT molecular complexity index is 508. The van der Waals surface area contributed by atoms with Crippen molar-refractivity contribution in [1.82, 2.24) is 10.3 Å². The van der Waals surface area contributed by atoms with Crippen molar-refractivity contribution in [3.05, 3.63) is 52.0 Å². The van der Waals surface area contributed by atoms with Gasteiger partial charge in [-0.1, -0.05) is 30.3 Å². The van der Waals surface area contributed by atoms with Crippen molar-refractivity contribution in [3.63, 3.8) is 0 Å². The quantitative estimate of drug-likeness (QED) is 0.898. The van der Waals surface area contributed by atoms with Gasteiger partial charge in [0.25, 0.3) is 0 Å². The molecule has 94 valence electrons. The molecule has 0 atom stereocenters. The van der Waals surface area contributed by atoms with E-state index in [2.05, 4.69) is 10.3 Å². The van der Waals surface area contributed by atoms with E-state index in [0.29, 0.717) is 13.0 Å². The van der Waals surface area contributed by atoms with Gasteiger partial charge in [-0.05, 0) is 18.9 Å². The van der Waals surface area contributed by atoms with Crippen molar-refractivity contribution < 1.29 is 4.79 Å². The molecule has 2 aromatic rings. The van der Waals surface area contributed by atoms with Crippen LogP contribution in [0.2, 0.25) is 0 Å². The first-order valence-electron chi connectivity index (χ1n) is 5.95. The summed E-state index contributed by atoms with van der Waals surface area (Å²) >= 11 is 1.58. The number of aromatic nitrogens is 1. The lowest BCUT2D eigenvalue weighted by Gasteiger charge is -2.03. The molecular weight excluding hydrogens is 244 g/mol. The van der Waals surface area contributed by atoms with Crippen LogP contribution < -0.4 is 5.32 Å². The van der Waals surface area contributed by atoms with Crippen molar-refractivity contribution in [2.45, 2.75) is 26.3 Å². The van der Waals surface area contributed by atoms with Gasteiger partial charge in [0.15, 0.2) is 0 Å². The zero-order valence-electron chi connectivity index (χ0n) is 10.3. The molecule has 18 heavy (non-hydrogen) atoms. The maximum Gasteiger partial charge on any atom is 0.220 e. The Labute approximate surface area is 111 Å². The minimum absolute atomic E-state index is 0.0757. The van der Waals surface area contributed by atoms with Crippen LogP contribution in [0.25, 0.3) is 0 Å². The van der Waals surface area contributed by atoms with Crippen LogP contribution in [0.4, 0.5) is 0 Å². The molecule has 0 unspecified atom stereocenters. The van der Waals surface area contributed by atoms with Gasteiger partial charge in [-0.3, -0.25) is 4.79 Å². The Morgan fingerprint density at radius 3 is 2.78 bits per heavy atom. The summed E-state index contributed by atoms with van der Waals surface area (Å²) in [4.78, 5) is 16.0. The van der Waals surface area contributed by atoms with Crippen molar-refractivity contribution in [3.8, 4) is 0 Å². The average molecular weight is 260 g/mol. The lowest BCUT2D eigenvalue weighted by atomic mass is 10.1. The van der Waals surface area contributed by atoms with E-state index in [1.165, 1.54) is 5.56 Å². The van der Waals surface area contributed by atoms with E-state index in [0.717, 1.165) is 17.1 Å². The second-order valence-corrected chi connectivity index (χ2v) is 5.09. The normalized spacial score (nSPS) is 10.3. The molecule has 0 aliphatic heterocycles. The first-order chi connectivity index (χ1) is 8.74. The van der Waals surface area contributed by atoms with Crippen LogP contribution in [-0.2, 0) is 17.8 Å². The summed E-state index contributed by atoms with van der Waals surface area (Å²) in [6.45, 7) is 2.49. The number of aryl methyl sites for hydroxylation is 2. The maximum atomic E-state index is 11.7. The number of carbonyl (C=O) groups is 1. The van der Waals surface area contributed by atoms with Gasteiger partial charge in [-0.2, -0.15) is 0 Å². The summed E-state index contributed by atoms with van der Waals surface area (Å²) in [5.41, 5.74) is 2.20. The third-order valence-electron chi connectivity index (χ3n) is 2.59. The second-order valence-electron chi connectivity index (χ2n) is 4.14. The summed E-state index contributed by atoms with van der Waals surface area (Å²) in [6.07, 6.45) is 1.30. The molecule has 0 spiro atoms. The summed E-state index contributed by atoms with van der Waals surface area (Å²) in [5.74, 6) is 0.0757. The molecule has 0 saturated heterocycles. The highest BCUT2D eigenvalue weighted by molar-refractivity contribution is 7.09. The average Bonchev–Trinajstić information content (AvgIpc) is 2.81. The van der Waals surface area contributed by atoms with Gasteiger partial charge in [0.2, 0.25) is 5.91 Å². The van der Waals surface area contributed by atoms with Crippen LogP contribution >= 0.6 is 11.3 Å². The number of hydrogen-bond donors (Lipinski definition) is 1. The van der Waals surface area contributed by atoms with Gasteiger partial charge in [0, 0.05) is 17.5 Å². The first-order valence-corrected chi connectivity index (χ1v) is 6.83. The van der Waals surface area contributed by atoms with Crippen LogP contribution in [0.3, 0.4) is 0 Å². The summed E-state index contributed by atoms with van der Waals surface area (Å²) in [5, 5.41) is 5.84. The molecule has 0 aliphatic rings. The number of amides is 1. The molecule has 1 heterocycles. The predicted octanol–water partition coefficient (Wildman–Crippen LogP) is 2.70. The SMILES string of the molecule is Cc1csc(CNC(=O)CCc2ccccc2)n1. The Kier molecular flexibility index (Phi) is 4.47. The topological polar surface area (TPSA) is 42.0 Å². The van der Waals surface area contributed by atoms with E-state index < -0.39 is 0 Å². The molecule has 0 fully saturated rings. The van der Waals surface area contributed by atoms with Crippen LogP contribution in [0.5, 0.6) is 0 Å². The maximum absolute atomic E-state index is 11.7. The molecule has 1 aromatic carbocycles. The van der Waals surface area contributed by atoms with Gasteiger partial charge in [-0.25, -0.2) is 4.98 Å². The van der Waals surface area contributed by atoms with Crippen molar-refractivity contribution in [2.75, 3.05) is 0 Å². The van der Waals surface area contributed by atoms with Gasteiger partial charge in [0.05, 0.1) is 6.54 Å². The molecule has 2 rings (SSSR count). The smallest absolute Gasteiger partial charge is 0.220 e. The fourth-order valence-corrected chi connectivity index (χ4v) is 2.36. The highest BCUT2D eigenvalue weighted by Crippen LogP contribution is 2.08. The van der Waals surface area contributed by atoms with Gasteiger partial charge in [-0.15, -0.1) is 11.3 Å². The lowest BCUT2D eigenvalue weighted by Crippen LogP contribution is -2.22. The number of benzene rings is 1. The van der Waals surface area contributed by atoms with E-state index in [1.54, 1.807) is 11.3 Å². The summed E-state index contributed by atoms with van der Waals surface area (Å²) in [7, 11) is 0. The van der Waals surface area contributed by atoms with E-state index in [9.17, 15) is 4.79 Å². The molecule has 4 heteroatoms. The van der Waals surface area contributed by atoms with Crippen molar-refractivity contribution in [2.24, 2.45) is 0 Å². The van der Waals surface area contributed by atoms with Crippen LogP contribution in [0, 0.1) is 6.92 Å². The zero-order valence-corrected chi connectivity index (χ0v) is 11.2. The Morgan fingerprint density at radius 1 is 1.33 bits per heavy atom. The molecule has 0 aliphatic carbocycles. The lowest BCUT2D eigenvalue weighted by molar-refractivity contribution is -0.121. The Balaban J connectivity index is 1.73. The minimum Gasteiger partial charge on any atom is -0.350 e. The van der Waals surface area contributed by atoms with Gasteiger partial charge >= 0.3 is 0 Å². The summed E-state index contributed by atoms with van der Waals surface area (Å²) in [6, 6.07) is 10.0. The van der Waals surface area contributed by atoms with E-state index in [4.69, 9.17) is 0 Å². The molecule has 1 N–H and O–H groups in total. The second kappa shape index (κ2) is 6.31. The molecule has 0 radical (unpaired) electrons. The monoisotopic (exact) mass is 260 g/mol. The highest BCUT2D eigenvalue weighted by Gasteiger charge is 2.04. The van der Waals surface area contributed by atoms with Crippen LogP contribution in [-0.4, -0.2) is 10.9 Å². The number of nitrogens with one attached hydrogen (secondary N) is 1. The molecule has 0 saturated carbocycles. The van der Waals surface area contributed by atoms with Crippen LogP contribution in [0.1, 0.15) is 22.7 Å². The van der Waals surface area contributed by atoms with E-state index in [1.807, 2.05) is 42.6 Å². The largest absolute Gasteiger partial charge is 0.350 e. The fraction of sp³-hybridized carbons (Fsp3) is 0.286. The zero-order chi connectivity index (χ0) is 12.8. The number of rotatable bonds is 5.